The number of hydrogen-bond acceptors (Lipinski definition) is 6. The highest BCUT2D eigenvalue weighted by molar-refractivity contribution is 9.10. The number of aromatic nitrogens is 2. The summed E-state index contributed by atoms with van der Waals surface area (Å²) in [5.41, 5.74) is 1.47. The maximum atomic E-state index is 12.8. The quantitative estimate of drug-likeness (QED) is 0.596. The monoisotopic (exact) mass is 453 g/mol. The van der Waals surface area contributed by atoms with Gasteiger partial charge in [-0.2, -0.15) is 4.98 Å². The molecule has 0 amide bonds. The van der Waals surface area contributed by atoms with Crippen molar-refractivity contribution in [1.29, 1.82) is 0 Å². The van der Waals surface area contributed by atoms with Gasteiger partial charge >= 0.3 is 0 Å². The summed E-state index contributed by atoms with van der Waals surface area (Å²) in [5, 5.41) is 3.99. The second-order valence-corrected chi connectivity index (χ2v) is 10.1. The highest BCUT2D eigenvalue weighted by Crippen LogP contribution is 2.40. The number of thiophene rings is 1. The lowest BCUT2D eigenvalue weighted by atomic mass is 10.2. The minimum atomic E-state index is -3.70. The number of aryl methyl sites for hydroxylation is 2. The zero-order valence-electron chi connectivity index (χ0n) is 14.1. The number of hydrogen-bond donors (Lipinski definition) is 1. The van der Waals surface area contributed by atoms with Crippen LogP contribution in [-0.2, 0) is 10.0 Å². The molecule has 1 aliphatic rings. The zero-order chi connectivity index (χ0) is 18.5. The van der Waals surface area contributed by atoms with Crippen LogP contribution in [0, 0.1) is 13.8 Å². The molecule has 0 bridgehead atoms. The van der Waals surface area contributed by atoms with Crippen LogP contribution in [0.25, 0.3) is 10.7 Å². The van der Waals surface area contributed by atoms with Crippen molar-refractivity contribution in [3.8, 4) is 10.7 Å². The smallest absolute Gasteiger partial charge is 0.263 e. The van der Waals surface area contributed by atoms with E-state index in [1.54, 1.807) is 25.1 Å². The van der Waals surface area contributed by atoms with Gasteiger partial charge in [0.25, 0.3) is 10.0 Å². The van der Waals surface area contributed by atoms with Gasteiger partial charge in [0.2, 0.25) is 11.7 Å². The van der Waals surface area contributed by atoms with Crippen LogP contribution < -0.4 is 4.72 Å². The van der Waals surface area contributed by atoms with Gasteiger partial charge in [-0.3, -0.25) is 4.72 Å². The largest absolute Gasteiger partial charge is 0.339 e. The fourth-order valence-corrected chi connectivity index (χ4v) is 5.41. The van der Waals surface area contributed by atoms with Crippen molar-refractivity contribution in [3.63, 3.8) is 0 Å². The Hall–Kier alpha value is -1.71. The Bertz CT molecular complexity index is 1080. The molecule has 136 valence electrons. The van der Waals surface area contributed by atoms with E-state index in [1.807, 2.05) is 13.0 Å². The Morgan fingerprint density at radius 1 is 1.27 bits per heavy atom. The van der Waals surface area contributed by atoms with E-state index in [4.69, 9.17) is 4.52 Å². The summed E-state index contributed by atoms with van der Waals surface area (Å²) in [4.78, 5) is 5.99. The first-order chi connectivity index (χ1) is 12.3. The van der Waals surface area contributed by atoms with Crippen molar-refractivity contribution in [2.45, 2.75) is 37.5 Å². The van der Waals surface area contributed by atoms with E-state index in [0.717, 1.165) is 22.9 Å². The first kappa shape index (κ1) is 17.7. The van der Waals surface area contributed by atoms with Gasteiger partial charge in [0.1, 0.15) is 4.90 Å². The zero-order valence-corrected chi connectivity index (χ0v) is 17.3. The molecule has 26 heavy (non-hydrogen) atoms. The van der Waals surface area contributed by atoms with Crippen LogP contribution >= 0.6 is 27.3 Å². The lowest BCUT2D eigenvalue weighted by molar-refractivity contribution is 0.380. The lowest BCUT2D eigenvalue weighted by Crippen LogP contribution is -2.13. The summed E-state index contributed by atoms with van der Waals surface area (Å²) in [6.07, 6.45) is 2.14. The first-order valence-electron chi connectivity index (χ1n) is 8.07. The molecule has 2 aromatic heterocycles. The van der Waals surface area contributed by atoms with Crippen molar-refractivity contribution >= 4 is 43.0 Å². The molecule has 2 heterocycles. The minimum absolute atomic E-state index is 0.232. The first-order valence-corrected chi connectivity index (χ1v) is 11.2. The molecule has 0 spiro atoms. The molecule has 1 fully saturated rings. The molecule has 1 aliphatic carbocycles. The number of halogens is 1. The van der Waals surface area contributed by atoms with Crippen LogP contribution in [-0.4, -0.2) is 18.6 Å². The van der Waals surface area contributed by atoms with Crippen molar-refractivity contribution in [2.75, 3.05) is 4.72 Å². The molecule has 6 nitrogen and oxygen atoms in total. The van der Waals surface area contributed by atoms with Gasteiger partial charge < -0.3 is 4.52 Å². The Labute approximate surface area is 163 Å². The molecule has 0 atom stereocenters. The molecule has 0 radical (unpaired) electrons. The molecule has 9 heteroatoms. The number of benzene rings is 1. The molecule has 4 rings (SSSR count). The van der Waals surface area contributed by atoms with Crippen molar-refractivity contribution < 1.29 is 12.9 Å². The van der Waals surface area contributed by atoms with Gasteiger partial charge in [0.05, 0.1) is 4.88 Å². The van der Waals surface area contributed by atoms with Gasteiger partial charge in [0.15, 0.2) is 0 Å². The average molecular weight is 454 g/mol. The number of rotatable bonds is 5. The highest BCUT2D eigenvalue weighted by Gasteiger charge is 2.30. The molecule has 0 unspecified atom stereocenters. The van der Waals surface area contributed by atoms with E-state index in [-0.39, 0.29) is 4.90 Å². The fraction of sp³-hybridized carbons (Fsp3) is 0.294. The Kier molecular flexibility index (Phi) is 4.40. The summed E-state index contributed by atoms with van der Waals surface area (Å²) in [6, 6.07) is 6.93. The molecule has 1 N–H and O–H groups in total. The molecule has 0 aliphatic heterocycles. The van der Waals surface area contributed by atoms with E-state index in [2.05, 4.69) is 30.8 Å². The van der Waals surface area contributed by atoms with E-state index in [9.17, 15) is 8.42 Å². The van der Waals surface area contributed by atoms with Crippen LogP contribution in [0.1, 0.15) is 35.1 Å². The van der Waals surface area contributed by atoms with Gasteiger partial charge in [-0.15, -0.1) is 11.3 Å². The predicted octanol–water partition coefficient (Wildman–Crippen LogP) is 4.86. The van der Waals surface area contributed by atoms with Crippen molar-refractivity contribution in [1.82, 2.24) is 10.1 Å². The van der Waals surface area contributed by atoms with Crippen molar-refractivity contribution in [2.24, 2.45) is 0 Å². The van der Waals surface area contributed by atoms with Crippen LogP contribution in [0.2, 0.25) is 0 Å². The van der Waals surface area contributed by atoms with Crippen LogP contribution in [0.3, 0.4) is 0 Å². The second kappa shape index (κ2) is 6.47. The molecule has 0 saturated heterocycles. The van der Waals surface area contributed by atoms with Gasteiger partial charge in [-0.1, -0.05) is 21.1 Å². The maximum Gasteiger partial charge on any atom is 0.263 e. The Morgan fingerprint density at radius 3 is 2.73 bits per heavy atom. The van der Waals surface area contributed by atoms with Gasteiger partial charge in [0, 0.05) is 21.0 Å². The molecular weight excluding hydrogens is 438 g/mol. The molecular formula is C17H16BrN3O3S2. The Morgan fingerprint density at radius 2 is 2.04 bits per heavy atom. The van der Waals surface area contributed by atoms with E-state index < -0.39 is 10.0 Å². The summed E-state index contributed by atoms with van der Waals surface area (Å²) >= 11 is 4.76. The third kappa shape index (κ3) is 3.43. The third-order valence-corrected chi connectivity index (χ3v) is 7.73. The van der Waals surface area contributed by atoms with Crippen LogP contribution in [0.4, 0.5) is 5.69 Å². The molecule has 1 aromatic carbocycles. The second-order valence-electron chi connectivity index (χ2n) is 6.33. The summed E-state index contributed by atoms with van der Waals surface area (Å²) in [7, 11) is -3.70. The summed E-state index contributed by atoms with van der Waals surface area (Å²) in [5.74, 6) is 1.45. The third-order valence-electron chi connectivity index (χ3n) is 4.16. The predicted molar refractivity (Wildman–Crippen MR) is 104 cm³/mol. The lowest BCUT2D eigenvalue weighted by Gasteiger charge is -2.09. The van der Waals surface area contributed by atoms with E-state index >= 15 is 0 Å². The Balaban J connectivity index is 1.63. The SMILES string of the molecule is Cc1cc(NS(=O)(=O)c2cc(-c3noc(C4CC4)n3)sc2C)ccc1Br. The van der Waals surface area contributed by atoms with E-state index in [0.29, 0.717) is 33.1 Å². The van der Waals surface area contributed by atoms with Crippen LogP contribution in [0.5, 0.6) is 0 Å². The highest BCUT2D eigenvalue weighted by atomic mass is 79.9. The molecule has 1 saturated carbocycles. The fourth-order valence-electron chi connectivity index (χ4n) is 2.59. The normalized spacial score (nSPS) is 14.6. The van der Waals surface area contributed by atoms with Crippen LogP contribution in [0.15, 0.2) is 38.2 Å². The average Bonchev–Trinajstić information content (AvgIpc) is 3.16. The number of nitrogens with zero attached hydrogens (tertiary/aromatic N) is 2. The molecule has 3 aromatic rings. The number of anilines is 1. The minimum Gasteiger partial charge on any atom is -0.339 e. The summed E-state index contributed by atoms with van der Waals surface area (Å²) in [6.45, 7) is 3.68. The standard InChI is InChI=1S/C17H16BrN3O3S2/c1-9-7-12(5-6-13(9)18)21-26(22,23)15-8-14(25-10(15)2)16-19-17(24-20-16)11-3-4-11/h5-8,11,21H,3-4H2,1-2H3. The summed E-state index contributed by atoms with van der Waals surface area (Å²) < 4.78 is 34.5. The number of sulfonamides is 1. The van der Waals surface area contributed by atoms with Gasteiger partial charge in [-0.05, 0) is 56.5 Å². The maximum absolute atomic E-state index is 12.8. The van der Waals surface area contributed by atoms with Crippen molar-refractivity contribution in [3.05, 3.63) is 45.1 Å². The topological polar surface area (TPSA) is 85.1 Å². The van der Waals surface area contributed by atoms with Gasteiger partial charge in [-0.25, -0.2) is 8.42 Å². The van der Waals surface area contributed by atoms with E-state index in [1.165, 1.54) is 11.3 Å². The number of nitrogens with one attached hydrogen (secondary N) is 1.